The van der Waals surface area contributed by atoms with Gasteiger partial charge in [-0.1, -0.05) is 12.8 Å². The van der Waals surface area contributed by atoms with Gasteiger partial charge in [0.2, 0.25) is 0 Å². The first-order chi connectivity index (χ1) is 8.34. The fourth-order valence-electron chi connectivity index (χ4n) is 2.29. The summed E-state index contributed by atoms with van der Waals surface area (Å²) < 4.78 is 2.12. The van der Waals surface area contributed by atoms with Crippen LogP contribution < -0.4 is 10.6 Å². The van der Waals surface area contributed by atoms with Crippen molar-refractivity contribution < 1.29 is 4.79 Å². The Balaban J connectivity index is 1.53. The average Bonchev–Trinajstić information content (AvgIpc) is 2.96. The quantitative estimate of drug-likeness (QED) is 0.754. The van der Waals surface area contributed by atoms with Crippen molar-refractivity contribution >= 4 is 6.03 Å². The molecule has 0 saturated heterocycles. The van der Waals surface area contributed by atoms with Gasteiger partial charge in [-0.05, 0) is 31.4 Å². The summed E-state index contributed by atoms with van der Waals surface area (Å²) in [5.41, 5.74) is 0. The van der Waals surface area contributed by atoms with Gasteiger partial charge in [0, 0.05) is 31.5 Å². The third-order valence-corrected chi connectivity index (χ3v) is 3.24. The summed E-state index contributed by atoms with van der Waals surface area (Å²) in [4.78, 5) is 11.5. The van der Waals surface area contributed by atoms with Crippen molar-refractivity contribution in [2.75, 3.05) is 6.54 Å². The van der Waals surface area contributed by atoms with Crippen molar-refractivity contribution in [3.8, 4) is 0 Å². The molecule has 1 fully saturated rings. The first-order valence-electron chi connectivity index (χ1n) is 6.50. The second kappa shape index (κ2) is 6.33. The number of hydrogen-bond donors (Lipinski definition) is 2. The van der Waals surface area contributed by atoms with Crippen molar-refractivity contribution in [1.82, 2.24) is 15.2 Å². The largest absolute Gasteiger partial charge is 0.354 e. The van der Waals surface area contributed by atoms with Gasteiger partial charge in [-0.15, -0.1) is 0 Å². The van der Waals surface area contributed by atoms with Crippen molar-refractivity contribution in [2.24, 2.45) is 0 Å². The number of carbonyl (C=O) groups is 1. The van der Waals surface area contributed by atoms with Gasteiger partial charge in [0.25, 0.3) is 0 Å². The number of nitrogens with one attached hydrogen (secondary N) is 2. The highest BCUT2D eigenvalue weighted by Gasteiger charge is 2.16. The molecule has 0 radical (unpaired) electrons. The molecule has 0 spiro atoms. The third kappa shape index (κ3) is 4.13. The highest BCUT2D eigenvalue weighted by molar-refractivity contribution is 5.74. The zero-order chi connectivity index (χ0) is 11.9. The van der Waals surface area contributed by atoms with Crippen LogP contribution in [0.5, 0.6) is 0 Å². The zero-order valence-electron chi connectivity index (χ0n) is 10.2. The second-order valence-corrected chi connectivity index (χ2v) is 4.66. The van der Waals surface area contributed by atoms with E-state index in [1.54, 1.807) is 0 Å². The van der Waals surface area contributed by atoms with Crippen LogP contribution in [0.15, 0.2) is 24.5 Å². The Morgan fingerprint density at radius 2 is 1.94 bits per heavy atom. The number of nitrogens with zero attached hydrogens (tertiary/aromatic N) is 1. The standard InChI is InChI=1S/C13H21N3O/c17-13(15-12-6-1-2-7-12)14-8-5-11-16-9-3-4-10-16/h3-4,9-10,12H,1-2,5-8,11H2,(H2,14,15,17). The van der Waals surface area contributed by atoms with Crippen molar-refractivity contribution in [2.45, 2.75) is 44.7 Å². The molecule has 94 valence electrons. The number of aryl methyl sites for hydroxylation is 1. The first kappa shape index (κ1) is 12.0. The van der Waals surface area contributed by atoms with Crippen LogP contribution >= 0.6 is 0 Å². The predicted molar refractivity (Wildman–Crippen MR) is 67.8 cm³/mol. The minimum Gasteiger partial charge on any atom is -0.354 e. The Hall–Kier alpha value is -1.45. The van der Waals surface area contributed by atoms with Gasteiger partial charge in [0.15, 0.2) is 0 Å². The normalized spacial score (nSPS) is 16.0. The molecule has 1 aliphatic carbocycles. The maximum Gasteiger partial charge on any atom is 0.315 e. The van der Waals surface area contributed by atoms with Crippen LogP contribution in [0.3, 0.4) is 0 Å². The average molecular weight is 235 g/mol. The molecule has 4 nitrogen and oxygen atoms in total. The Morgan fingerprint density at radius 1 is 1.24 bits per heavy atom. The van der Waals surface area contributed by atoms with Gasteiger partial charge >= 0.3 is 6.03 Å². The van der Waals surface area contributed by atoms with E-state index < -0.39 is 0 Å². The van der Waals surface area contributed by atoms with E-state index in [-0.39, 0.29) is 6.03 Å². The van der Waals surface area contributed by atoms with Crippen molar-refractivity contribution in [3.05, 3.63) is 24.5 Å². The molecule has 17 heavy (non-hydrogen) atoms. The van der Waals surface area contributed by atoms with Crippen LogP contribution in [0.2, 0.25) is 0 Å². The first-order valence-corrected chi connectivity index (χ1v) is 6.50. The lowest BCUT2D eigenvalue weighted by atomic mass is 10.2. The maximum absolute atomic E-state index is 11.5. The lowest BCUT2D eigenvalue weighted by molar-refractivity contribution is 0.237. The highest BCUT2D eigenvalue weighted by Crippen LogP contribution is 2.17. The summed E-state index contributed by atoms with van der Waals surface area (Å²) >= 11 is 0. The van der Waals surface area contributed by atoms with Gasteiger partial charge in [0.05, 0.1) is 0 Å². The SMILES string of the molecule is O=C(NCCCn1cccc1)NC1CCCC1. The summed E-state index contributed by atoms with van der Waals surface area (Å²) in [6, 6.07) is 4.42. The molecule has 2 rings (SSSR count). The minimum absolute atomic E-state index is 0.00981. The van der Waals surface area contributed by atoms with E-state index in [2.05, 4.69) is 15.2 Å². The van der Waals surface area contributed by atoms with Crippen LogP contribution in [0, 0.1) is 0 Å². The fraction of sp³-hybridized carbons (Fsp3) is 0.615. The monoisotopic (exact) mass is 235 g/mol. The van der Waals surface area contributed by atoms with Gasteiger partial charge in [-0.25, -0.2) is 4.79 Å². The summed E-state index contributed by atoms with van der Waals surface area (Å²) in [5.74, 6) is 0. The minimum atomic E-state index is -0.00981. The highest BCUT2D eigenvalue weighted by atomic mass is 16.2. The molecule has 1 aromatic heterocycles. The van der Waals surface area contributed by atoms with Gasteiger partial charge in [-0.3, -0.25) is 0 Å². The molecule has 1 heterocycles. The van der Waals surface area contributed by atoms with E-state index in [9.17, 15) is 4.79 Å². The van der Waals surface area contributed by atoms with Crippen molar-refractivity contribution in [3.63, 3.8) is 0 Å². The Labute approximate surface area is 102 Å². The molecule has 0 bridgehead atoms. The topological polar surface area (TPSA) is 46.1 Å². The lowest BCUT2D eigenvalue weighted by Crippen LogP contribution is -2.41. The smallest absolute Gasteiger partial charge is 0.315 e. The maximum atomic E-state index is 11.5. The van der Waals surface area contributed by atoms with Crippen LogP contribution in [0.4, 0.5) is 4.79 Å². The van der Waals surface area contributed by atoms with Crippen LogP contribution in [0.25, 0.3) is 0 Å². The summed E-state index contributed by atoms with van der Waals surface area (Å²) in [5, 5.41) is 5.92. The van der Waals surface area contributed by atoms with Crippen LogP contribution in [0.1, 0.15) is 32.1 Å². The molecule has 1 saturated carbocycles. The molecule has 1 aliphatic rings. The third-order valence-electron chi connectivity index (χ3n) is 3.24. The van der Waals surface area contributed by atoms with Gasteiger partial charge in [0.1, 0.15) is 0 Å². The zero-order valence-corrected chi connectivity index (χ0v) is 10.2. The van der Waals surface area contributed by atoms with Crippen molar-refractivity contribution in [1.29, 1.82) is 0 Å². The Bertz CT molecular complexity index is 328. The van der Waals surface area contributed by atoms with Gasteiger partial charge in [-0.2, -0.15) is 0 Å². The Morgan fingerprint density at radius 3 is 2.65 bits per heavy atom. The van der Waals surface area contributed by atoms with Crippen LogP contribution in [-0.2, 0) is 6.54 Å². The molecular weight excluding hydrogens is 214 g/mol. The number of aromatic nitrogens is 1. The number of amides is 2. The lowest BCUT2D eigenvalue weighted by Gasteiger charge is -2.12. The van der Waals surface area contributed by atoms with Crippen LogP contribution in [-0.4, -0.2) is 23.2 Å². The van der Waals surface area contributed by atoms with E-state index in [4.69, 9.17) is 0 Å². The fourth-order valence-corrected chi connectivity index (χ4v) is 2.29. The molecule has 2 amide bonds. The van der Waals surface area contributed by atoms with E-state index in [0.717, 1.165) is 32.4 Å². The molecule has 2 N–H and O–H groups in total. The summed E-state index contributed by atoms with van der Waals surface area (Å²) in [6.07, 6.45) is 9.81. The predicted octanol–water partition coefficient (Wildman–Crippen LogP) is 2.12. The Kier molecular flexibility index (Phi) is 4.47. The molecule has 0 unspecified atom stereocenters. The van der Waals surface area contributed by atoms with E-state index in [1.165, 1.54) is 12.8 Å². The molecule has 0 aromatic carbocycles. The van der Waals surface area contributed by atoms with Gasteiger partial charge < -0.3 is 15.2 Å². The summed E-state index contributed by atoms with van der Waals surface area (Å²) in [6.45, 7) is 1.69. The number of urea groups is 1. The van der Waals surface area contributed by atoms with E-state index in [1.807, 2.05) is 24.5 Å². The molecule has 1 aromatic rings. The molecule has 4 heteroatoms. The molecule has 0 aliphatic heterocycles. The summed E-state index contributed by atoms with van der Waals surface area (Å²) in [7, 11) is 0. The number of hydrogen-bond acceptors (Lipinski definition) is 1. The second-order valence-electron chi connectivity index (χ2n) is 4.66. The van der Waals surface area contributed by atoms with E-state index in [0.29, 0.717) is 6.04 Å². The number of rotatable bonds is 5. The van der Waals surface area contributed by atoms with E-state index >= 15 is 0 Å². The molecular formula is C13H21N3O. The number of carbonyl (C=O) groups excluding carboxylic acids is 1. The molecule has 0 atom stereocenters.